The first-order chi connectivity index (χ1) is 13.5. The number of rotatable bonds is 7. The van der Waals surface area contributed by atoms with Crippen molar-refractivity contribution in [2.24, 2.45) is 0 Å². The molecule has 0 bridgehead atoms. The van der Waals surface area contributed by atoms with Gasteiger partial charge in [0.2, 0.25) is 0 Å². The van der Waals surface area contributed by atoms with Crippen molar-refractivity contribution in [3.63, 3.8) is 0 Å². The van der Waals surface area contributed by atoms with Gasteiger partial charge in [0.05, 0.1) is 17.8 Å². The Kier molecular flexibility index (Phi) is 6.45. The summed E-state index contributed by atoms with van der Waals surface area (Å²) in [6.07, 6.45) is 0.713. The zero-order chi connectivity index (χ0) is 19.9. The van der Waals surface area contributed by atoms with Gasteiger partial charge in [-0.3, -0.25) is 4.79 Å². The first-order valence-corrected chi connectivity index (χ1v) is 9.21. The van der Waals surface area contributed by atoms with Crippen LogP contribution in [0.1, 0.15) is 21.9 Å². The monoisotopic (exact) mass is 396 g/mol. The highest BCUT2D eigenvalue weighted by Gasteiger charge is 2.11. The molecule has 0 spiro atoms. The van der Waals surface area contributed by atoms with Crippen LogP contribution in [0.5, 0.6) is 5.75 Å². The van der Waals surface area contributed by atoms with E-state index in [1.807, 2.05) is 42.5 Å². The van der Waals surface area contributed by atoms with Gasteiger partial charge in [0.1, 0.15) is 23.1 Å². The SMILES string of the molecule is COc1ccc(CCNC(=O)c2cc(Nc3ccccc3Cl)nc(C)n2)cc1. The van der Waals surface area contributed by atoms with Crippen molar-refractivity contribution >= 4 is 29.0 Å². The summed E-state index contributed by atoms with van der Waals surface area (Å²) in [6.45, 7) is 2.24. The molecule has 0 aliphatic heterocycles. The minimum atomic E-state index is -0.249. The number of nitrogens with zero attached hydrogens (tertiary/aromatic N) is 2. The number of carbonyl (C=O) groups is 1. The number of hydrogen-bond donors (Lipinski definition) is 2. The van der Waals surface area contributed by atoms with Gasteiger partial charge in [-0.05, 0) is 43.2 Å². The van der Waals surface area contributed by atoms with Crippen molar-refractivity contribution in [1.82, 2.24) is 15.3 Å². The van der Waals surface area contributed by atoms with Gasteiger partial charge in [-0.25, -0.2) is 9.97 Å². The molecule has 28 heavy (non-hydrogen) atoms. The Morgan fingerprint density at radius 1 is 1.11 bits per heavy atom. The molecule has 6 nitrogen and oxygen atoms in total. The number of halogens is 1. The van der Waals surface area contributed by atoms with Crippen LogP contribution in [0.25, 0.3) is 0 Å². The van der Waals surface area contributed by atoms with Crippen molar-refractivity contribution in [3.8, 4) is 5.75 Å². The molecule has 0 radical (unpaired) electrons. The van der Waals surface area contributed by atoms with Gasteiger partial charge in [-0.2, -0.15) is 0 Å². The van der Waals surface area contributed by atoms with Crippen LogP contribution in [0, 0.1) is 6.92 Å². The summed E-state index contributed by atoms with van der Waals surface area (Å²) < 4.78 is 5.14. The van der Waals surface area contributed by atoms with Crippen molar-refractivity contribution in [1.29, 1.82) is 0 Å². The molecule has 144 valence electrons. The quantitative estimate of drug-likeness (QED) is 0.627. The Bertz CT molecular complexity index is 961. The second kappa shape index (κ2) is 9.19. The molecule has 3 aromatic rings. The standard InChI is InChI=1S/C21H21ClN4O2/c1-14-24-19(13-20(25-14)26-18-6-4-3-5-17(18)22)21(27)23-12-11-15-7-9-16(28-2)10-8-15/h3-10,13H,11-12H2,1-2H3,(H,23,27)(H,24,25,26). The number of aromatic nitrogens is 2. The van der Waals surface area contributed by atoms with Crippen molar-refractivity contribution < 1.29 is 9.53 Å². The number of anilines is 2. The van der Waals surface area contributed by atoms with E-state index in [4.69, 9.17) is 16.3 Å². The Hall–Kier alpha value is -3.12. The van der Waals surface area contributed by atoms with Gasteiger partial charge < -0.3 is 15.4 Å². The average Bonchev–Trinajstić information content (AvgIpc) is 2.70. The highest BCUT2D eigenvalue weighted by molar-refractivity contribution is 6.33. The van der Waals surface area contributed by atoms with Crippen molar-refractivity contribution in [2.45, 2.75) is 13.3 Å². The number of ether oxygens (including phenoxy) is 1. The molecule has 0 fully saturated rings. The maximum atomic E-state index is 12.5. The highest BCUT2D eigenvalue weighted by atomic mass is 35.5. The molecule has 1 amide bonds. The van der Waals surface area contributed by atoms with E-state index in [9.17, 15) is 4.79 Å². The van der Waals surface area contributed by atoms with E-state index in [1.165, 1.54) is 0 Å². The van der Waals surface area contributed by atoms with Gasteiger partial charge in [-0.15, -0.1) is 0 Å². The van der Waals surface area contributed by atoms with Gasteiger partial charge >= 0.3 is 0 Å². The zero-order valence-electron chi connectivity index (χ0n) is 15.7. The number of hydrogen-bond acceptors (Lipinski definition) is 5. The summed E-state index contributed by atoms with van der Waals surface area (Å²) in [6, 6.07) is 16.7. The lowest BCUT2D eigenvalue weighted by atomic mass is 10.1. The van der Waals surface area contributed by atoms with E-state index in [2.05, 4.69) is 20.6 Å². The zero-order valence-corrected chi connectivity index (χ0v) is 16.5. The smallest absolute Gasteiger partial charge is 0.270 e. The second-order valence-corrected chi connectivity index (χ2v) is 6.55. The third-order valence-corrected chi connectivity index (χ3v) is 4.40. The maximum absolute atomic E-state index is 12.5. The first kappa shape index (κ1) is 19.6. The van der Waals surface area contributed by atoms with Crippen LogP contribution in [0.15, 0.2) is 54.6 Å². The molecular formula is C21H21ClN4O2. The number of nitrogens with one attached hydrogen (secondary N) is 2. The molecule has 0 atom stereocenters. The fourth-order valence-corrected chi connectivity index (χ4v) is 2.83. The van der Waals surface area contributed by atoms with Crippen LogP contribution < -0.4 is 15.4 Å². The number of amides is 1. The number of para-hydroxylation sites is 1. The fraction of sp³-hybridized carbons (Fsp3) is 0.190. The Labute approximate surface area is 168 Å². The molecule has 3 rings (SSSR count). The number of benzene rings is 2. The van der Waals surface area contributed by atoms with Crippen LogP contribution in [-0.2, 0) is 6.42 Å². The Balaban J connectivity index is 1.63. The molecule has 0 aliphatic rings. The molecule has 1 heterocycles. The molecule has 0 saturated heterocycles. The van der Waals surface area contributed by atoms with Gasteiger partial charge in [-0.1, -0.05) is 35.9 Å². The van der Waals surface area contributed by atoms with Gasteiger partial charge in [0.15, 0.2) is 0 Å². The van der Waals surface area contributed by atoms with Crippen LogP contribution >= 0.6 is 11.6 Å². The normalized spacial score (nSPS) is 10.4. The largest absolute Gasteiger partial charge is 0.497 e. The van der Waals surface area contributed by atoms with Crippen LogP contribution in [0.4, 0.5) is 11.5 Å². The topological polar surface area (TPSA) is 76.1 Å². The van der Waals surface area contributed by atoms with E-state index >= 15 is 0 Å². The van der Waals surface area contributed by atoms with E-state index in [1.54, 1.807) is 26.2 Å². The van der Waals surface area contributed by atoms with Crippen LogP contribution in [0.3, 0.4) is 0 Å². The second-order valence-electron chi connectivity index (χ2n) is 6.14. The number of carbonyl (C=O) groups excluding carboxylic acids is 1. The maximum Gasteiger partial charge on any atom is 0.270 e. The third-order valence-electron chi connectivity index (χ3n) is 4.07. The molecule has 0 aliphatic carbocycles. The molecular weight excluding hydrogens is 376 g/mol. The molecule has 1 aromatic heterocycles. The summed E-state index contributed by atoms with van der Waals surface area (Å²) >= 11 is 6.17. The van der Waals surface area contributed by atoms with Gasteiger partial charge in [0.25, 0.3) is 5.91 Å². The van der Waals surface area contributed by atoms with Gasteiger partial charge in [0, 0.05) is 12.6 Å². The third kappa shape index (κ3) is 5.20. The minimum absolute atomic E-state index is 0.249. The summed E-state index contributed by atoms with van der Waals surface area (Å²) in [4.78, 5) is 21.0. The summed E-state index contributed by atoms with van der Waals surface area (Å²) in [7, 11) is 1.63. The van der Waals surface area contributed by atoms with E-state index in [0.717, 1.165) is 11.3 Å². The lowest BCUT2D eigenvalue weighted by Gasteiger charge is -2.10. The summed E-state index contributed by atoms with van der Waals surface area (Å²) in [5, 5.41) is 6.59. The predicted octanol–water partition coefficient (Wildman–Crippen LogP) is 4.16. The molecule has 2 N–H and O–H groups in total. The van der Waals surface area contributed by atoms with E-state index in [0.29, 0.717) is 41.0 Å². The first-order valence-electron chi connectivity index (χ1n) is 8.83. The minimum Gasteiger partial charge on any atom is -0.497 e. The van der Waals surface area contributed by atoms with Crippen LogP contribution in [-0.4, -0.2) is 29.5 Å². The van der Waals surface area contributed by atoms with Crippen LogP contribution in [0.2, 0.25) is 5.02 Å². The van der Waals surface area contributed by atoms with Crippen molar-refractivity contribution in [2.75, 3.05) is 19.0 Å². The molecule has 0 unspecified atom stereocenters. The lowest BCUT2D eigenvalue weighted by Crippen LogP contribution is -2.27. The number of aryl methyl sites for hydroxylation is 1. The lowest BCUT2D eigenvalue weighted by molar-refractivity contribution is 0.0949. The summed E-state index contributed by atoms with van der Waals surface area (Å²) in [5.41, 5.74) is 2.13. The fourth-order valence-electron chi connectivity index (χ4n) is 2.65. The average molecular weight is 397 g/mol. The molecule has 2 aromatic carbocycles. The summed E-state index contributed by atoms with van der Waals surface area (Å²) in [5.74, 6) is 1.57. The molecule has 7 heteroatoms. The number of methoxy groups -OCH3 is 1. The highest BCUT2D eigenvalue weighted by Crippen LogP contribution is 2.24. The van der Waals surface area contributed by atoms with E-state index < -0.39 is 0 Å². The van der Waals surface area contributed by atoms with E-state index in [-0.39, 0.29) is 5.91 Å². The van der Waals surface area contributed by atoms with Crippen molar-refractivity contribution in [3.05, 3.63) is 76.7 Å². The Morgan fingerprint density at radius 2 is 1.86 bits per heavy atom. The Morgan fingerprint density at radius 3 is 2.57 bits per heavy atom. The molecule has 0 saturated carbocycles. The predicted molar refractivity (Wildman–Crippen MR) is 111 cm³/mol.